The number of hydrogen-bond acceptors (Lipinski definition) is 3. The molecular weight excluding hydrogens is 386 g/mol. The van der Waals surface area contributed by atoms with E-state index in [0.717, 1.165) is 11.3 Å². The van der Waals surface area contributed by atoms with Crippen LogP contribution in [-0.2, 0) is 4.79 Å². The first-order valence-electron chi connectivity index (χ1n) is 9.13. The summed E-state index contributed by atoms with van der Waals surface area (Å²) in [5.41, 5.74) is 2.88. The molecule has 0 fully saturated rings. The molecule has 2 N–H and O–H groups in total. The van der Waals surface area contributed by atoms with E-state index in [4.69, 9.17) is 11.6 Å². The van der Waals surface area contributed by atoms with Crippen molar-refractivity contribution in [2.45, 2.75) is 6.42 Å². The minimum Gasteiger partial charge on any atom is -0.351 e. The third kappa shape index (κ3) is 6.30. The second-order valence-corrected chi connectivity index (χ2v) is 6.65. The van der Waals surface area contributed by atoms with Gasteiger partial charge >= 0.3 is 0 Å². The van der Waals surface area contributed by atoms with Crippen LogP contribution in [0.1, 0.15) is 28.0 Å². The molecule has 0 aliphatic heterocycles. The molecule has 0 spiro atoms. The number of carbonyl (C=O) groups excluding carboxylic acids is 2. The lowest BCUT2D eigenvalue weighted by Gasteiger charge is -2.08. The van der Waals surface area contributed by atoms with Crippen molar-refractivity contribution in [1.82, 2.24) is 10.3 Å². The quantitative estimate of drug-likeness (QED) is 0.600. The minimum atomic E-state index is -0.301. The summed E-state index contributed by atoms with van der Waals surface area (Å²) >= 11 is 6.00. The van der Waals surface area contributed by atoms with Crippen LogP contribution in [0.25, 0.3) is 12.2 Å². The van der Waals surface area contributed by atoms with Crippen molar-refractivity contribution >= 4 is 41.3 Å². The number of aromatic nitrogens is 1. The van der Waals surface area contributed by atoms with E-state index in [-0.39, 0.29) is 24.8 Å². The summed E-state index contributed by atoms with van der Waals surface area (Å²) in [4.78, 5) is 28.5. The highest BCUT2D eigenvalue weighted by Gasteiger charge is 2.10. The number of rotatable bonds is 7. The molecule has 0 aliphatic rings. The molecule has 1 heterocycles. The van der Waals surface area contributed by atoms with Crippen LogP contribution in [-0.4, -0.2) is 23.3 Å². The fourth-order valence-electron chi connectivity index (χ4n) is 2.63. The Balaban J connectivity index is 1.50. The molecule has 0 radical (unpaired) electrons. The van der Waals surface area contributed by atoms with E-state index in [1.54, 1.807) is 30.5 Å². The van der Waals surface area contributed by atoms with Gasteiger partial charge < -0.3 is 10.6 Å². The van der Waals surface area contributed by atoms with Gasteiger partial charge in [0.1, 0.15) is 0 Å². The van der Waals surface area contributed by atoms with Gasteiger partial charge in [0.05, 0.1) is 16.3 Å². The van der Waals surface area contributed by atoms with Gasteiger partial charge in [-0.05, 0) is 48.0 Å². The summed E-state index contributed by atoms with van der Waals surface area (Å²) in [6, 6.07) is 20.0. The average molecular weight is 406 g/mol. The number of nitrogens with zero attached hydrogens (tertiary/aromatic N) is 1. The number of hydrogen-bond donors (Lipinski definition) is 2. The predicted octanol–water partition coefficient (Wildman–Crippen LogP) is 4.66. The highest BCUT2D eigenvalue weighted by molar-refractivity contribution is 6.33. The number of nitrogens with one attached hydrogen (secondary N) is 2. The topological polar surface area (TPSA) is 71.1 Å². The van der Waals surface area contributed by atoms with Crippen LogP contribution in [0.2, 0.25) is 5.02 Å². The fraction of sp³-hybridized carbons (Fsp3) is 0.0870. The Kier molecular flexibility index (Phi) is 7.14. The summed E-state index contributed by atoms with van der Waals surface area (Å²) in [5, 5.41) is 5.92. The van der Waals surface area contributed by atoms with E-state index in [1.165, 1.54) is 0 Å². The highest BCUT2D eigenvalue weighted by Crippen LogP contribution is 2.15. The van der Waals surface area contributed by atoms with Crippen LogP contribution in [0.4, 0.5) is 5.69 Å². The molecule has 146 valence electrons. The largest absolute Gasteiger partial charge is 0.351 e. The SMILES string of the molecule is O=C(CCNC(=O)c1ccccc1Cl)Nc1cccc(/C=C/c2ccccn2)c1. The maximum atomic E-state index is 12.2. The zero-order valence-electron chi connectivity index (χ0n) is 15.6. The Labute approximate surface area is 174 Å². The fourth-order valence-corrected chi connectivity index (χ4v) is 2.85. The Bertz CT molecular complexity index is 1020. The summed E-state index contributed by atoms with van der Waals surface area (Å²) in [6.45, 7) is 0.217. The monoisotopic (exact) mass is 405 g/mol. The Hall–Kier alpha value is -3.44. The molecule has 6 heteroatoms. The molecule has 5 nitrogen and oxygen atoms in total. The van der Waals surface area contributed by atoms with Crippen molar-refractivity contribution in [2.24, 2.45) is 0 Å². The predicted molar refractivity (Wildman–Crippen MR) is 117 cm³/mol. The van der Waals surface area contributed by atoms with E-state index < -0.39 is 0 Å². The molecular formula is C23H20ClN3O2. The van der Waals surface area contributed by atoms with E-state index in [1.807, 2.05) is 54.6 Å². The van der Waals surface area contributed by atoms with Crippen LogP contribution in [0.3, 0.4) is 0 Å². The van der Waals surface area contributed by atoms with Crippen LogP contribution >= 0.6 is 11.6 Å². The lowest BCUT2D eigenvalue weighted by molar-refractivity contribution is -0.116. The molecule has 0 aliphatic carbocycles. The summed E-state index contributed by atoms with van der Waals surface area (Å²) in [7, 11) is 0. The molecule has 1 aromatic heterocycles. The number of carbonyl (C=O) groups is 2. The smallest absolute Gasteiger partial charge is 0.252 e. The van der Waals surface area contributed by atoms with Crippen molar-refractivity contribution in [1.29, 1.82) is 0 Å². The molecule has 3 rings (SSSR count). The van der Waals surface area contributed by atoms with Crippen LogP contribution in [0.5, 0.6) is 0 Å². The van der Waals surface area contributed by atoms with E-state index in [9.17, 15) is 9.59 Å². The van der Waals surface area contributed by atoms with Gasteiger partial charge in [-0.3, -0.25) is 14.6 Å². The van der Waals surface area contributed by atoms with Gasteiger partial charge in [0.15, 0.2) is 0 Å². The molecule has 0 bridgehead atoms. The summed E-state index contributed by atoms with van der Waals surface area (Å²) in [5.74, 6) is -0.486. The van der Waals surface area contributed by atoms with E-state index in [2.05, 4.69) is 15.6 Å². The van der Waals surface area contributed by atoms with Gasteiger partial charge in [-0.25, -0.2) is 0 Å². The Morgan fingerprint density at radius 2 is 1.79 bits per heavy atom. The molecule has 0 unspecified atom stereocenters. The van der Waals surface area contributed by atoms with Crippen LogP contribution in [0, 0.1) is 0 Å². The van der Waals surface area contributed by atoms with Crippen molar-refractivity contribution in [2.75, 3.05) is 11.9 Å². The van der Waals surface area contributed by atoms with Crippen molar-refractivity contribution < 1.29 is 9.59 Å². The first-order chi connectivity index (χ1) is 14.1. The lowest BCUT2D eigenvalue weighted by Crippen LogP contribution is -2.27. The van der Waals surface area contributed by atoms with E-state index in [0.29, 0.717) is 16.3 Å². The molecule has 3 aromatic rings. The van der Waals surface area contributed by atoms with Crippen LogP contribution in [0.15, 0.2) is 72.9 Å². The second-order valence-electron chi connectivity index (χ2n) is 6.25. The van der Waals surface area contributed by atoms with E-state index >= 15 is 0 Å². The Morgan fingerprint density at radius 3 is 2.59 bits per heavy atom. The third-order valence-electron chi connectivity index (χ3n) is 4.06. The number of pyridine rings is 1. The molecule has 0 atom stereocenters. The molecule has 2 amide bonds. The summed E-state index contributed by atoms with van der Waals surface area (Å²) in [6.07, 6.45) is 5.73. The molecule has 29 heavy (non-hydrogen) atoms. The normalized spacial score (nSPS) is 10.7. The maximum absolute atomic E-state index is 12.2. The first-order valence-corrected chi connectivity index (χ1v) is 9.51. The van der Waals surface area contributed by atoms with Gasteiger partial charge in [0, 0.05) is 24.8 Å². The van der Waals surface area contributed by atoms with Gasteiger partial charge in [0.25, 0.3) is 5.91 Å². The number of anilines is 1. The lowest BCUT2D eigenvalue weighted by atomic mass is 10.1. The van der Waals surface area contributed by atoms with Gasteiger partial charge in [-0.1, -0.05) is 48.0 Å². The Morgan fingerprint density at radius 1 is 0.966 bits per heavy atom. The third-order valence-corrected chi connectivity index (χ3v) is 4.39. The minimum absolute atomic E-state index is 0.157. The summed E-state index contributed by atoms with van der Waals surface area (Å²) < 4.78 is 0. The highest BCUT2D eigenvalue weighted by atomic mass is 35.5. The average Bonchev–Trinajstić information content (AvgIpc) is 2.73. The van der Waals surface area contributed by atoms with Crippen molar-refractivity contribution in [3.8, 4) is 0 Å². The number of halogens is 1. The first kappa shape index (κ1) is 20.3. The van der Waals surface area contributed by atoms with Gasteiger partial charge in [-0.2, -0.15) is 0 Å². The van der Waals surface area contributed by atoms with Gasteiger partial charge in [0.2, 0.25) is 5.91 Å². The van der Waals surface area contributed by atoms with Crippen LogP contribution < -0.4 is 10.6 Å². The maximum Gasteiger partial charge on any atom is 0.252 e. The van der Waals surface area contributed by atoms with Gasteiger partial charge in [-0.15, -0.1) is 0 Å². The standard InChI is InChI=1S/C23H20ClN3O2/c24-21-10-2-1-9-20(21)23(29)26-15-13-22(28)27-19-8-5-6-17(16-19)11-12-18-7-3-4-14-25-18/h1-12,14,16H,13,15H2,(H,26,29)(H,27,28)/b12-11+. The molecule has 2 aromatic carbocycles. The number of amides is 2. The molecule has 0 saturated heterocycles. The molecule has 0 saturated carbocycles. The van der Waals surface area contributed by atoms with Crippen molar-refractivity contribution in [3.05, 3.63) is 94.8 Å². The van der Waals surface area contributed by atoms with Crippen molar-refractivity contribution in [3.63, 3.8) is 0 Å². The number of benzene rings is 2. The zero-order valence-corrected chi connectivity index (χ0v) is 16.4. The second kappa shape index (κ2) is 10.2. The zero-order chi connectivity index (χ0) is 20.5.